The fraction of sp³-hybridized carbons (Fsp3) is 0.389. The Bertz CT molecular complexity index is 768. The van der Waals surface area contributed by atoms with Gasteiger partial charge in [0.05, 0.1) is 19.6 Å². The lowest BCUT2D eigenvalue weighted by Gasteiger charge is -2.35. The zero-order chi connectivity index (χ0) is 17.8. The molecule has 0 spiro atoms. The van der Waals surface area contributed by atoms with E-state index < -0.39 is 0 Å². The molecule has 2 aromatic rings. The van der Waals surface area contributed by atoms with Crippen LogP contribution < -0.4 is 5.32 Å². The number of nitrogens with zero attached hydrogens (tertiary/aromatic N) is 3. The SMILES string of the molecule is CNc1cc(C)nc([C@H]2COCCN2C(=O)Cc2ccccc2F)n1. The van der Waals surface area contributed by atoms with Crippen LogP contribution in [-0.4, -0.2) is 47.6 Å². The molecule has 7 heteroatoms. The van der Waals surface area contributed by atoms with Crippen LogP contribution in [0.1, 0.15) is 23.1 Å². The summed E-state index contributed by atoms with van der Waals surface area (Å²) in [7, 11) is 1.78. The average Bonchev–Trinajstić information content (AvgIpc) is 2.63. The molecule has 1 N–H and O–H groups in total. The normalized spacial score (nSPS) is 17.4. The lowest BCUT2D eigenvalue weighted by Crippen LogP contribution is -2.44. The van der Waals surface area contributed by atoms with Crippen LogP contribution in [0.15, 0.2) is 30.3 Å². The Balaban J connectivity index is 1.84. The number of hydrogen-bond acceptors (Lipinski definition) is 5. The number of aryl methyl sites for hydroxylation is 1. The third-order valence-electron chi connectivity index (χ3n) is 4.17. The summed E-state index contributed by atoms with van der Waals surface area (Å²) in [5.41, 5.74) is 1.19. The van der Waals surface area contributed by atoms with Crippen molar-refractivity contribution in [2.45, 2.75) is 19.4 Å². The van der Waals surface area contributed by atoms with Gasteiger partial charge in [-0.15, -0.1) is 0 Å². The van der Waals surface area contributed by atoms with Crippen molar-refractivity contribution in [2.24, 2.45) is 0 Å². The maximum Gasteiger partial charge on any atom is 0.227 e. The van der Waals surface area contributed by atoms with E-state index in [4.69, 9.17) is 4.74 Å². The number of morpholine rings is 1. The van der Waals surface area contributed by atoms with E-state index in [2.05, 4.69) is 15.3 Å². The predicted octanol–water partition coefficient (Wildman–Crippen LogP) is 2.11. The van der Waals surface area contributed by atoms with Crippen LogP contribution in [0.2, 0.25) is 0 Å². The van der Waals surface area contributed by atoms with Crippen molar-refractivity contribution in [1.29, 1.82) is 0 Å². The van der Waals surface area contributed by atoms with E-state index in [1.54, 1.807) is 30.1 Å². The molecule has 0 unspecified atom stereocenters. The second-order valence-corrected chi connectivity index (χ2v) is 5.95. The van der Waals surface area contributed by atoms with Gasteiger partial charge in [-0.25, -0.2) is 14.4 Å². The Labute approximate surface area is 146 Å². The zero-order valence-electron chi connectivity index (χ0n) is 14.3. The summed E-state index contributed by atoms with van der Waals surface area (Å²) in [5.74, 6) is 0.694. The summed E-state index contributed by atoms with van der Waals surface area (Å²) >= 11 is 0. The summed E-state index contributed by atoms with van der Waals surface area (Å²) in [4.78, 5) is 23.4. The highest BCUT2D eigenvalue weighted by Crippen LogP contribution is 2.24. The Kier molecular flexibility index (Phi) is 5.23. The largest absolute Gasteiger partial charge is 0.377 e. The van der Waals surface area contributed by atoms with E-state index in [1.807, 2.05) is 13.0 Å². The molecule has 0 radical (unpaired) electrons. The van der Waals surface area contributed by atoms with Crippen LogP contribution in [0.3, 0.4) is 0 Å². The number of hydrogen-bond donors (Lipinski definition) is 1. The summed E-state index contributed by atoms with van der Waals surface area (Å²) in [5, 5.41) is 2.99. The number of nitrogens with one attached hydrogen (secondary N) is 1. The van der Waals surface area contributed by atoms with Gasteiger partial charge in [0, 0.05) is 25.4 Å². The minimum Gasteiger partial charge on any atom is -0.377 e. The molecule has 1 amide bonds. The second-order valence-electron chi connectivity index (χ2n) is 5.95. The summed E-state index contributed by atoms with van der Waals surface area (Å²) in [6, 6.07) is 7.79. The summed E-state index contributed by atoms with van der Waals surface area (Å²) in [6.07, 6.45) is 0.00781. The Morgan fingerprint density at radius 2 is 2.20 bits per heavy atom. The molecule has 3 rings (SSSR count). The van der Waals surface area contributed by atoms with Crippen molar-refractivity contribution in [1.82, 2.24) is 14.9 Å². The van der Waals surface area contributed by atoms with Crippen molar-refractivity contribution in [2.75, 3.05) is 32.1 Å². The topological polar surface area (TPSA) is 67.4 Å². The molecule has 0 bridgehead atoms. The van der Waals surface area contributed by atoms with Gasteiger partial charge in [-0.1, -0.05) is 18.2 Å². The van der Waals surface area contributed by atoms with Gasteiger partial charge in [-0.3, -0.25) is 4.79 Å². The Morgan fingerprint density at radius 3 is 2.96 bits per heavy atom. The van der Waals surface area contributed by atoms with Crippen molar-refractivity contribution in [3.8, 4) is 0 Å². The van der Waals surface area contributed by atoms with Gasteiger partial charge in [0.1, 0.15) is 17.7 Å². The van der Waals surface area contributed by atoms with Gasteiger partial charge in [-0.2, -0.15) is 0 Å². The minimum atomic E-state index is -0.375. The third kappa shape index (κ3) is 3.93. The number of carbonyl (C=O) groups excluding carboxylic acids is 1. The van der Waals surface area contributed by atoms with Crippen molar-refractivity contribution >= 4 is 11.7 Å². The Morgan fingerprint density at radius 1 is 1.40 bits per heavy atom. The summed E-state index contributed by atoms with van der Waals surface area (Å²) < 4.78 is 19.4. The first-order chi connectivity index (χ1) is 12.1. The highest BCUT2D eigenvalue weighted by Gasteiger charge is 2.31. The molecule has 1 atom stereocenters. The molecule has 0 saturated carbocycles. The first-order valence-corrected chi connectivity index (χ1v) is 8.22. The molecule has 1 saturated heterocycles. The lowest BCUT2D eigenvalue weighted by atomic mass is 10.1. The molecule has 132 valence electrons. The molecular formula is C18H21FN4O2. The predicted molar refractivity (Wildman–Crippen MR) is 91.7 cm³/mol. The van der Waals surface area contributed by atoms with E-state index in [0.29, 0.717) is 37.0 Å². The number of anilines is 1. The van der Waals surface area contributed by atoms with Crippen LogP contribution in [-0.2, 0) is 16.0 Å². The number of rotatable bonds is 4. The molecule has 2 heterocycles. The van der Waals surface area contributed by atoms with Crippen LogP contribution >= 0.6 is 0 Å². The maximum atomic E-state index is 13.9. The smallest absolute Gasteiger partial charge is 0.227 e. The lowest BCUT2D eigenvalue weighted by molar-refractivity contribution is -0.139. The fourth-order valence-corrected chi connectivity index (χ4v) is 2.89. The van der Waals surface area contributed by atoms with E-state index in [9.17, 15) is 9.18 Å². The van der Waals surface area contributed by atoms with Crippen molar-refractivity contribution < 1.29 is 13.9 Å². The van der Waals surface area contributed by atoms with Crippen LogP contribution in [0.25, 0.3) is 0 Å². The highest BCUT2D eigenvalue weighted by molar-refractivity contribution is 5.79. The maximum absolute atomic E-state index is 13.9. The highest BCUT2D eigenvalue weighted by atomic mass is 19.1. The van der Waals surface area contributed by atoms with E-state index in [1.165, 1.54) is 6.07 Å². The molecule has 1 aromatic heterocycles. The average molecular weight is 344 g/mol. The number of amides is 1. The fourth-order valence-electron chi connectivity index (χ4n) is 2.89. The number of ether oxygens (including phenoxy) is 1. The van der Waals surface area contributed by atoms with Gasteiger partial charge in [0.2, 0.25) is 5.91 Å². The van der Waals surface area contributed by atoms with Gasteiger partial charge in [-0.05, 0) is 18.6 Å². The van der Waals surface area contributed by atoms with E-state index in [-0.39, 0.29) is 24.2 Å². The summed E-state index contributed by atoms with van der Waals surface area (Å²) in [6.45, 7) is 3.09. The number of benzene rings is 1. The van der Waals surface area contributed by atoms with Gasteiger partial charge in [0.15, 0.2) is 5.82 Å². The minimum absolute atomic E-state index is 0.00781. The van der Waals surface area contributed by atoms with Crippen molar-refractivity contribution in [3.05, 3.63) is 53.2 Å². The van der Waals surface area contributed by atoms with Crippen LogP contribution in [0.5, 0.6) is 0 Å². The molecule has 25 heavy (non-hydrogen) atoms. The van der Waals surface area contributed by atoms with Gasteiger partial charge < -0.3 is 15.0 Å². The van der Waals surface area contributed by atoms with E-state index in [0.717, 1.165) is 5.69 Å². The number of aromatic nitrogens is 2. The van der Waals surface area contributed by atoms with Crippen LogP contribution in [0.4, 0.5) is 10.2 Å². The quantitative estimate of drug-likeness (QED) is 0.920. The Hall–Kier alpha value is -2.54. The standard InChI is InChI=1S/C18H21FN4O2/c1-12-9-16(20-2)22-18(21-12)15-11-25-8-7-23(15)17(24)10-13-5-3-4-6-14(13)19/h3-6,9,15H,7-8,10-11H2,1-2H3,(H,20,21,22)/t15-/m1/s1. The van der Waals surface area contributed by atoms with E-state index >= 15 is 0 Å². The molecule has 1 fully saturated rings. The molecule has 1 aliphatic heterocycles. The molecule has 1 aromatic carbocycles. The van der Waals surface area contributed by atoms with Gasteiger partial charge >= 0.3 is 0 Å². The third-order valence-corrected chi connectivity index (χ3v) is 4.17. The monoisotopic (exact) mass is 344 g/mol. The molecule has 6 nitrogen and oxygen atoms in total. The second kappa shape index (κ2) is 7.57. The first-order valence-electron chi connectivity index (χ1n) is 8.22. The zero-order valence-corrected chi connectivity index (χ0v) is 14.3. The number of carbonyl (C=O) groups is 1. The first kappa shape index (κ1) is 17.3. The molecular weight excluding hydrogens is 323 g/mol. The number of halogens is 1. The van der Waals surface area contributed by atoms with Crippen LogP contribution in [0, 0.1) is 12.7 Å². The molecule has 0 aliphatic carbocycles. The molecule has 1 aliphatic rings. The van der Waals surface area contributed by atoms with Crippen molar-refractivity contribution in [3.63, 3.8) is 0 Å². The van der Waals surface area contributed by atoms with Gasteiger partial charge in [0.25, 0.3) is 0 Å².